The summed E-state index contributed by atoms with van der Waals surface area (Å²) in [5.74, 6) is -0.126. The van der Waals surface area contributed by atoms with E-state index in [-0.39, 0.29) is 17.2 Å². The number of nitrogens with zero attached hydrogens (tertiary/aromatic N) is 2. The van der Waals surface area contributed by atoms with Crippen LogP contribution in [0.1, 0.15) is 16.7 Å². The van der Waals surface area contributed by atoms with E-state index < -0.39 is 0 Å². The van der Waals surface area contributed by atoms with E-state index in [0.29, 0.717) is 26.1 Å². The van der Waals surface area contributed by atoms with Gasteiger partial charge in [0, 0.05) is 0 Å². The van der Waals surface area contributed by atoms with E-state index in [1.807, 2.05) is 50.4 Å². The summed E-state index contributed by atoms with van der Waals surface area (Å²) in [7, 11) is 0. The summed E-state index contributed by atoms with van der Waals surface area (Å²) in [5.41, 5.74) is 4.94. The Kier molecular flexibility index (Phi) is 6.18. The van der Waals surface area contributed by atoms with Crippen molar-refractivity contribution in [3.63, 3.8) is 0 Å². The number of halogens is 1. The van der Waals surface area contributed by atoms with Crippen molar-refractivity contribution < 1.29 is 4.79 Å². The van der Waals surface area contributed by atoms with Crippen LogP contribution in [0.4, 0.5) is 5.69 Å². The Bertz CT molecular complexity index is 1340. The summed E-state index contributed by atoms with van der Waals surface area (Å²) in [5, 5.41) is 5.65. The highest BCUT2D eigenvalue weighted by molar-refractivity contribution is 7.99. The number of amides is 1. The van der Waals surface area contributed by atoms with E-state index in [1.165, 1.54) is 23.1 Å². The van der Waals surface area contributed by atoms with Gasteiger partial charge >= 0.3 is 0 Å². The van der Waals surface area contributed by atoms with E-state index in [9.17, 15) is 9.59 Å². The third kappa shape index (κ3) is 4.69. The van der Waals surface area contributed by atoms with Crippen molar-refractivity contribution in [3.8, 4) is 5.69 Å². The zero-order chi connectivity index (χ0) is 22.1. The number of aryl methyl sites for hydroxylation is 3. The molecule has 0 unspecified atom stereocenters. The lowest BCUT2D eigenvalue weighted by Crippen LogP contribution is -2.22. The van der Waals surface area contributed by atoms with Crippen molar-refractivity contribution in [2.24, 2.45) is 0 Å². The van der Waals surface area contributed by atoms with E-state index in [0.717, 1.165) is 22.4 Å². The number of hydrogen-bond acceptors (Lipinski definition) is 5. The Balaban J connectivity index is 1.66. The molecule has 1 N–H and O–H groups in total. The molecule has 8 heteroatoms. The topological polar surface area (TPSA) is 64.0 Å². The molecule has 2 heterocycles. The first-order valence-electron chi connectivity index (χ1n) is 9.59. The maximum Gasteiger partial charge on any atom is 0.276 e. The minimum Gasteiger partial charge on any atom is -0.324 e. The van der Waals surface area contributed by atoms with E-state index in [2.05, 4.69) is 16.4 Å². The summed E-state index contributed by atoms with van der Waals surface area (Å²) in [6, 6.07) is 13.2. The second-order valence-corrected chi connectivity index (χ2v) is 9.60. The number of thioether (sulfide) groups is 1. The molecule has 158 valence electrons. The minimum absolute atomic E-state index is 0.0943. The van der Waals surface area contributed by atoms with Gasteiger partial charge in [0.1, 0.15) is 4.70 Å². The van der Waals surface area contributed by atoms with Crippen LogP contribution in [0, 0.1) is 20.8 Å². The lowest BCUT2D eigenvalue weighted by molar-refractivity contribution is -0.113. The van der Waals surface area contributed by atoms with Crippen LogP contribution in [0.5, 0.6) is 0 Å². The molecule has 4 rings (SSSR count). The first kappa shape index (κ1) is 21.6. The minimum atomic E-state index is -0.220. The molecular weight excluding hydrogens is 450 g/mol. The Morgan fingerprint density at radius 1 is 1.10 bits per heavy atom. The van der Waals surface area contributed by atoms with Crippen molar-refractivity contribution in [2.75, 3.05) is 11.1 Å². The third-order valence-electron chi connectivity index (χ3n) is 4.64. The highest BCUT2D eigenvalue weighted by Gasteiger charge is 2.16. The molecule has 0 bridgehead atoms. The lowest BCUT2D eigenvalue weighted by Gasteiger charge is -2.14. The molecule has 2 aromatic heterocycles. The summed E-state index contributed by atoms with van der Waals surface area (Å²) in [6.45, 7) is 5.92. The molecule has 4 aromatic rings. The molecule has 0 saturated carbocycles. The molecule has 5 nitrogen and oxygen atoms in total. The SMILES string of the molecule is Cc1cc(C)cc(-n2c(SCC(=O)Nc3ccc(C)cc3Cl)nc3ccsc3c2=O)c1. The largest absolute Gasteiger partial charge is 0.324 e. The second kappa shape index (κ2) is 8.86. The summed E-state index contributed by atoms with van der Waals surface area (Å²) in [6.07, 6.45) is 0. The Hall–Kier alpha value is -2.61. The van der Waals surface area contributed by atoms with Gasteiger partial charge in [0.25, 0.3) is 5.56 Å². The van der Waals surface area contributed by atoms with Gasteiger partial charge in [0.05, 0.1) is 27.7 Å². The number of aromatic nitrogens is 2. The molecule has 31 heavy (non-hydrogen) atoms. The number of hydrogen-bond donors (Lipinski definition) is 1. The molecule has 1 amide bonds. The molecule has 0 atom stereocenters. The average Bonchev–Trinajstić information content (AvgIpc) is 3.17. The van der Waals surface area contributed by atoms with Crippen LogP contribution in [0.2, 0.25) is 5.02 Å². The number of fused-ring (bicyclic) bond motifs is 1. The monoisotopic (exact) mass is 469 g/mol. The van der Waals surface area contributed by atoms with Crippen molar-refractivity contribution >= 4 is 56.5 Å². The Morgan fingerprint density at radius 2 is 1.84 bits per heavy atom. The maximum atomic E-state index is 13.2. The van der Waals surface area contributed by atoms with Crippen LogP contribution < -0.4 is 10.9 Å². The summed E-state index contributed by atoms with van der Waals surface area (Å²) in [4.78, 5) is 30.5. The predicted molar refractivity (Wildman–Crippen MR) is 130 cm³/mol. The van der Waals surface area contributed by atoms with E-state index in [1.54, 1.807) is 16.7 Å². The Morgan fingerprint density at radius 3 is 2.55 bits per heavy atom. The predicted octanol–water partition coefficient (Wildman–Crippen LogP) is 5.76. The average molecular weight is 470 g/mol. The zero-order valence-electron chi connectivity index (χ0n) is 17.2. The van der Waals surface area contributed by atoms with Gasteiger partial charge in [-0.05, 0) is 73.2 Å². The van der Waals surface area contributed by atoms with Gasteiger partial charge in [-0.3, -0.25) is 14.2 Å². The van der Waals surface area contributed by atoms with Gasteiger partial charge in [0.2, 0.25) is 5.91 Å². The van der Waals surface area contributed by atoms with E-state index >= 15 is 0 Å². The quantitative estimate of drug-likeness (QED) is 0.298. The third-order valence-corrected chi connectivity index (χ3v) is 6.79. The normalized spacial score (nSPS) is 11.1. The number of benzene rings is 2. The fraction of sp³-hybridized carbons (Fsp3) is 0.174. The molecular formula is C23H20ClN3O2S2. The van der Waals surface area contributed by atoms with Gasteiger partial charge in [0.15, 0.2) is 5.16 Å². The smallest absolute Gasteiger partial charge is 0.276 e. The van der Waals surface area contributed by atoms with Gasteiger partial charge in [-0.25, -0.2) is 4.98 Å². The number of nitrogens with one attached hydrogen (secondary N) is 1. The van der Waals surface area contributed by atoms with Crippen LogP contribution in [0.15, 0.2) is 57.8 Å². The lowest BCUT2D eigenvalue weighted by atomic mass is 10.1. The summed E-state index contributed by atoms with van der Waals surface area (Å²) >= 11 is 8.81. The van der Waals surface area contributed by atoms with Crippen LogP contribution in [-0.4, -0.2) is 21.2 Å². The van der Waals surface area contributed by atoms with Gasteiger partial charge < -0.3 is 5.32 Å². The van der Waals surface area contributed by atoms with Crippen LogP contribution in [0.3, 0.4) is 0 Å². The number of carbonyl (C=O) groups is 1. The van der Waals surface area contributed by atoms with Gasteiger partial charge in [-0.15, -0.1) is 11.3 Å². The van der Waals surface area contributed by atoms with Gasteiger partial charge in [-0.2, -0.15) is 0 Å². The number of rotatable bonds is 5. The highest BCUT2D eigenvalue weighted by atomic mass is 35.5. The molecule has 2 aromatic carbocycles. The zero-order valence-corrected chi connectivity index (χ0v) is 19.6. The number of carbonyl (C=O) groups excluding carboxylic acids is 1. The molecule has 0 fully saturated rings. The van der Waals surface area contributed by atoms with Crippen molar-refractivity contribution in [2.45, 2.75) is 25.9 Å². The fourth-order valence-electron chi connectivity index (χ4n) is 3.33. The standard InChI is InChI=1S/C23H20ClN3O2S2/c1-13-4-5-18(17(24)11-13)25-20(28)12-31-23-26-19-6-7-30-21(19)22(29)27(23)16-9-14(2)8-15(3)10-16/h4-11H,12H2,1-3H3,(H,25,28). The van der Waals surface area contributed by atoms with Gasteiger partial charge in [-0.1, -0.05) is 35.5 Å². The van der Waals surface area contributed by atoms with E-state index in [4.69, 9.17) is 11.6 Å². The van der Waals surface area contributed by atoms with Crippen molar-refractivity contribution in [3.05, 3.63) is 79.9 Å². The highest BCUT2D eigenvalue weighted by Crippen LogP contribution is 2.26. The number of thiophene rings is 1. The molecule has 0 aliphatic carbocycles. The first-order valence-corrected chi connectivity index (χ1v) is 11.8. The second-order valence-electron chi connectivity index (χ2n) is 7.34. The maximum absolute atomic E-state index is 13.2. The number of anilines is 1. The van der Waals surface area contributed by atoms with Crippen molar-refractivity contribution in [1.82, 2.24) is 9.55 Å². The first-order chi connectivity index (χ1) is 14.8. The van der Waals surface area contributed by atoms with Crippen molar-refractivity contribution in [1.29, 1.82) is 0 Å². The van der Waals surface area contributed by atoms with Crippen LogP contribution in [0.25, 0.3) is 15.9 Å². The fourth-order valence-corrected chi connectivity index (χ4v) is 5.19. The van der Waals surface area contributed by atoms with Crippen LogP contribution >= 0.6 is 34.7 Å². The molecule has 0 spiro atoms. The molecule has 0 saturated heterocycles. The van der Waals surface area contributed by atoms with Crippen LogP contribution in [-0.2, 0) is 4.79 Å². The summed E-state index contributed by atoms with van der Waals surface area (Å²) < 4.78 is 2.19. The molecule has 0 aliphatic rings. The molecule has 0 aliphatic heterocycles. The molecule has 0 radical (unpaired) electrons. The Labute approximate surface area is 193 Å².